The summed E-state index contributed by atoms with van der Waals surface area (Å²) in [5, 5.41) is 9.14. The van der Waals surface area contributed by atoms with Crippen molar-refractivity contribution in [3.8, 4) is 0 Å². The van der Waals surface area contributed by atoms with Crippen LogP contribution in [0, 0.1) is 17.8 Å². The molecule has 0 spiro atoms. The minimum absolute atomic E-state index is 0.133. The average Bonchev–Trinajstić information content (AvgIpc) is 2.85. The Morgan fingerprint density at radius 2 is 2.12 bits per heavy atom. The number of aliphatic hydroxyl groups excluding tert-OH is 1. The summed E-state index contributed by atoms with van der Waals surface area (Å²) < 4.78 is 11.4. The Morgan fingerprint density at radius 1 is 1.44 bits per heavy atom. The molecule has 1 fully saturated rings. The van der Waals surface area contributed by atoms with Gasteiger partial charge in [-0.05, 0) is 37.7 Å². The van der Waals surface area contributed by atoms with Crippen molar-refractivity contribution in [1.29, 1.82) is 0 Å². The van der Waals surface area contributed by atoms with Crippen LogP contribution in [-0.2, 0) is 19.1 Å². The molecule has 1 heterocycles. The van der Waals surface area contributed by atoms with Crippen LogP contribution in [0.5, 0.6) is 0 Å². The lowest BCUT2D eigenvalue weighted by atomic mass is 9.73. The number of hydrogen-bond acceptors (Lipinski definition) is 5. The van der Waals surface area contributed by atoms with E-state index in [1.165, 1.54) is 0 Å². The van der Waals surface area contributed by atoms with Gasteiger partial charge < -0.3 is 14.6 Å². The Balaban J connectivity index is 2.35. The Bertz CT molecular complexity index is 577. The van der Waals surface area contributed by atoms with Gasteiger partial charge in [0.05, 0.1) is 11.8 Å². The molecule has 0 unspecified atom stereocenters. The van der Waals surface area contributed by atoms with Gasteiger partial charge in [0.15, 0.2) is 0 Å². The number of hydrogen-bond donors (Lipinski definition) is 1. The molecule has 0 radical (unpaired) electrons. The number of esters is 2. The molecule has 2 rings (SSSR count). The maximum atomic E-state index is 12.5. The van der Waals surface area contributed by atoms with Crippen LogP contribution in [0.2, 0.25) is 0 Å². The van der Waals surface area contributed by atoms with Crippen molar-refractivity contribution in [1.82, 2.24) is 0 Å². The molecule has 1 aliphatic heterocycles. The first-order valence-electron chi connectivity index (χ1n) is 9.22. The van der Waals surface area contributed by atoms with Crippen molar-refractivity contribution < 1.29 is 24.2 Å². The quantitative estimate of drug-likeness (QED) is 0.434. The van der Waals surface area contributed by atoms with Gasteiger partial charge in [0.25, 0.3) is 0 Å². The van der Waals surface area contributed by atoms with Crippen LogP contribution < -0.4 is 0 Å². The van der Waals surface area contributed by atoms with Crippen molar-refractivity contribution in [2.24, 2.45) is 17.8 Å². The molecule has 0 aromatic heterocycles. The smallest absolute Gasteiger partial charge is 0.334 e. The minimum Gasteiger partial charge on any atom is -0.458 e. The highest BCUT2D eigenvalue weighted by molar-refractivity contribution is 5.91. The zero-order chi connectivity index (χ0) is 18.7. The highest BCUT2D eigenvalue weighted by atomic mass is 16.6. The summed E-state index contributed by atoms with van der Waals surface area (Å²) in [4.78, 5) is 24.5. The van der Waals surface area contributed by atoms with Crippen LogP contribution in [-0.4, -0.2) is 35.9 Å². The van der Waals surface area contributed by atoms with Crippen LogP contribution in [0.4, 0.5) is 0 Å². The van der Waals surface area contributed by atoms with Gasteiger partial charge in [-0.15, -0.1) is 0 Å². The molecule has 2 aliphatic rings. The number of rotatable bonds is 7. The van der Waals surface area contributed by atoms with E-state index >= 15 is 0 Å². The fraction of sp³-hybridized carbons (Fsp3) is 0.700. The lowest BCUT2D eigenvalue weighted by Crippen LogP contribution is -2.41. The van der Waals surface area contributed by atoms with E-state index in [0.29, 0.717) is 24.8 Å². The van der Waals surface area contributed by atoms with Gasteiger partial charge in [0, 0.05) is 18.6 Å². The number of carbonyl (C=O) groups is 2. The molecule has 1 aliphatic carbocycles. The second-order valence-corrected chi connectivity index (χ2v) is 7.37. The lowest BCUT2D eigenvalue weighted by Gasteiger charge is -2.38. The zero-order valence-corrected chi connectivity index (χ0v) is 15.7. The zero-order valence-electron chi connectivity index (χ0n) is 15.7. The third-order valence-electron chi connectivity index (χ3n) is 5.54. The molecular formula is C20H30O5. The lowest BCUT2D eigenvalue weighted by molar-refractivity contribution is -0.155. The molecule has 0 saturated carbocycles. The summed E-state index contributed by atoms with van der Waals surface area (Å²) in [6.45, 7) is 11.9. The van der Waals surface area contributed by atoms with E-state index in [1.807, 2.05) is 20.8 Å². The van der Waals surface area contributed by atoms with E-state index in [4.69, 9.17) is 14.6 Å². The molecule has 5 atom stereocenters. The fourth-order valence-electron chi connectivity index (χ4n) is 3.85. The predicted molar refractivity (Wildman–Crippen MR) is 94.6 cm³/mol. The SMILES string of the molecule is C=C1C(=O)O[C@@H]2CC(C)=C([C@@H](C)CCCO)[C@H](OC(=O)[C@H](C)CC)[C@H]12. The van der Waals surface area contributed by atoms with Gasteiger partial charge in [-0.25, -0.2) is 4.79 Å². The molecule has 0 amide bonds. The summed E-state index contributed by atoms with van der Waals surface area (Å²) >= 11 is 0. The summed E-state index contributed by atoms with van der Waals surface area (Å²) in [6, 6.07) is 0. The van der Waals surface area contributed by atoms with Crippen molar-refractivity contribution >= 4 is 11.9 Å². The highest BCUT2D eigenvalue weighted by Crippen LogP contribution is 2.45. The van der Waals surface area contributed by atoms with Gasteiger partial charge in [0.1, 0.15) is 12.2 Å². The summed E-state index contributed by atoms with van der Waals surface area (Å²) in [6.07, 6.45) is 2.03. The second kappa shape index (κ2) is 8.17. The first-order valence-corrected chi connectivity index (χ1v) is 9.22. The second-order valence-electron chi connectivity index (χ2n) is 7.37. The van der Waals surface area contributed by atoms with Gasteiger partial charge in [-0.3, -0.25) is 4.79 Å². The number of fused-ring (bicyclic) bond motifs is 1. The molecule has 5 nitrogen and oxygen atoms in total. The van der Waals surface area contributed by atoms with E-state index in [1.54, 1.807) is 0 Å². The van der Waals surface area contributed by atoms with Crippen molar-refractivity contribution in [3.05, 3.63) is 23.3 Å². The standard InChI is InChI=1S/C20H30O5/c1-6-11(2)19(22)25-18-16(12(3)8-7-9-21)13(4)10-15-17(18)14(5)20(23)24-15/h11-12,15,17-18,21H,5-10H2,1-4H3/t11-,12+,15-,17-,18+/m1/s1. The summed E-state index contributed by atoms with van der Waals surface area (Å²) in [5.41, 5.74) is 2.56. The molecule has 0 bridgehead atoms. The minimum atomic E-state index is -0.507. The fourth-order valence-corrected chi connectivity index (χ4v) is 3.85. The molecule has 0 aromatic carbocycles. The van der Waals surface area contributed by atoms with Gasteiger partial charge in [-0.2, -0.15) is 0 Å². The first kappa shape index (κ1) is 19.7. The monoisotopic (exact) mass is 350 g/mol. The number of carbonyl (C=O) groups excluding carboxylic acids is 2. The Morgan fingerprint density at radius 3 is 2.72 bits per heavy atom. The molecule has 140 valence electrons. The van der Waals surface area contributed by atoms with Crippen LogP contribution in [0.1, 0.15) is 53.4 Å². The topological polar surface area (TPSA) is 72.8 Å². The van der Waals surface area contributed by atoms with E-state index in [2.05, 4.69) is 13.5 Å². The van der Waals surface area contributed by atoms with E-state index in [-0.39, 0.29) is 36.4 Å². The number of ether oxygens (including phenoxy) is 2. The van der Waals surface area contributed by atoms with Crippen molar-refractivity contribution in [2.75, 3.05) is 6.61 Å². The Labute approximate surface area is 150 Å². The van der Waals surface area contributed by atoms with Crippen LogP contribution in [0.3, 0.4) is 0 Å². The van der Waals surface area contributed by atoms with Crippen LogP contribution in [0.25, 0.3) is 0 Å². The summed E-state index contributed by atoms with van der Waals surface area (Å²) in [7, 11) is 0. The molecule has 0 aromatic rings. The van der Waals surface area contributed by atoms with Gasteiger partial charge in [-0.1, -0.05) is 32.9 Å². The van der Waals surface area contributed by atoms with Crippen LogP contribution >= 0.6 is 0 Å². The first-order chi connectivity index (χ1) is 11.8. The largest absolute Gasteiger partial charge is 0.458 e. The predicted octanol–water partition coefficient (Wildman–Crippen LogP) is 3.17. The molecular weight excluding hydrogens is 320 g/mol. The van der Waals surface area contributed by atoms with Gasteiger partial charge >= 0.3 is 11.9 Å². The molecule has 1 N–H and O–H groups in total. The van der Waals surface area contributed by atoms with Crippen molar-refractivity contribution in [3.63, 3.8) is 0 Å². The Hall–Kier alpha value is -1.62. The van der Waals surface area contributed by atoms with Gasteiger partial charge in [0.2, 0.25) is 0 Å². The van der Waals surface area contributed by atoms with Crippen LogP contribution in [0.15, 0.2) is 23.3 Å². The molecule has 1 saturated heterocycles. The number of aliphatic hydroxyl groups is 1. The van der Waals surface area contributed by atoms with E-state index < -0.39 is 12.1 Å². The molecule has 25 heavy (non-hydrogen) atoms. The van der Waals surface area contributed by atoms with E-state index in [0.717, 1.165) is 17.6 Å². The van der Waals surface area contributed by atoms with E-state index in [9.17, 15) is 9.59 Å². The highest BCUT2D eigenvalue weighted by Gasteiger charge is 2.50. The maximum Gasteiger partial charge on any atom is 0.334 e. The third kappa shape index (κ3) is 3.97. The third-order valence-corrected chi connectivity index (χ3v) is 5.54. The molecule has 5 heteroatoms. The Kier molecular flexibility index (Phi) is 6.44. The summed E-state index contributed by atoms with van der Waals surface area (Å²) in [5.74, 6) is -0.986. The van der Waals surface area contributed by atoms with Crippen molar-refractivity contribution in [2.45, 2.75) is 65.6 Å². The normalized spacial score (nSPS) is 28.4. The average molecular weight is 350 g/mol. The maximum absolute atomic E-state index is 12.5.